The average Bonchev–Trinajstić information content (AvgIpc) is 3.07. The highest BCUT2D eigenvalue weighted by Crippen LogP contribution is 2.18. The number of nitrogens with two attached hydrogens (primary N) is 1. The molecule has 0 aromatic carbocycles. The standard InChI is InChI=1S/C14H26N4O/c1-2-8-18-9-7-16-14(18)11-12(17-15)5-6-13-4-3-10-19-13/h7,9,12-13,17H,2-6,8,10-11,15H2,1H3. The van der Waals surface area contributed by atoms with E-state index in [1.54, 1.807) is 0 Å². The van der Waals surface area contributed by atoms with Crippen LogP contribution in [0.5, 0.6) is 0 Å². The first-order valence-corrected chi connectivity index (χ1v) is 7.41. The van der Waals surface area contributed by atoms with Gasteiger partial charge in [0.25, 0.3) is 0 Å². The largest absolute Gasteiger partial charge is 0.378 e. The van der Waals surface area contributed by atoms with E-state index in [9.17, 15) is 0 Å². The fourth-order valence-electron chi connectivity index (χ4n) is 2.70. The second-order valence-corrected chi connectivity index (χ2v) is 5.32. The molecule has 1 aromatic rings. The molecule has 19 heavy (non-hydrogen) atoms. The van der Waals surface area contributed by atoms with Gasteiger partial charge in [-0.1, -0.05) is 6.92 Å². The van der Waals surface area contributed by atoms with E-state index < -0.39 is 0 Å². The predicted molar refractivity (Wildman–Crippen MR) is 75.5 cm³/mol. The number of hydrazine groups is 1. The molecular weight excluding hydrogens is 240 g/mol. The zero-order valence-electron chi connectivity index (χ0n) is 11.8. The molecule has 1 fully saturated rings. The van der Waals surface area contributed by atoms with Gasteiger partial charge in [0.2, 0.25) is 0 Å². The molecule has 2 atom stereocenters. The van der Waals surface area contributed by atoms with Gasteiger partial charge in [-0.05, 0) is 32.1 Å². The summed E-state index contributed by atoms with van der Waals surface area (Å²) in [6.45, 7) is 4.13. The molecule has 2 rings (SSSR count). The SMILES string of the molecule is CCCn1ccnc1CC(CCC1CCCO1)NN. The third-order valence-corrected chi connectivity index (χ3v) is 3.79. The molecule has 108 valence electrons. The van der Waals surface area contributed by atoms with E-state index in [1.165, 1.54) is 12.8 Å². The van der Waals surface area contributed by atoms with Crippen LogP contribution in [-0.4, -0.2) is 28.3 Å². The van der Waals surface area contributed by atoms with Crippen molar-refractivity contribution in [2.24, 2.45) is 5.84 Å². The van der Waals surface area contributed by atoms with Gasteiger partial charge >= 0.3 is 0 Å². The Morgan fingerprint density at radius 1 is 1.63 bits per heavy atom. The fraction of sp³-hybridized carbons (Fsp3) is 0.786. The Labute approximate surface area is 115 Å². The minimum Gasteiger partial charge on any atom is -0.378 e. The number of hydrogen-bond acceptors (Lipinski definition) is 4. The summed E-state index contributed by atoms with van der Waals surface area (Å²) in [5.41, 5.74) is 2.92. The molecular formula is C14H26N4O. The van der Waals surface area contributed by atoms with Gasteiger partial charge in [0, 0.05) is 38.0 Å². The highest BCUT2D eigenvalue weighted by Gasteiger charge is 2.18. The molecule has 2 unspecified atom stereocenters. The molecule has 0 radical (unpaired) electrons. The first-order chi connectivity index (χ1) is 9.33. The van der Waals surface area contributed by atoms with Gasteiger partial charge in [0.05, 0.1) is 6.10 Å². The van der Waals surface area contributed by atoms with Crippen molar-refractivity contribution in [3.63, 3.8) is 0 Å². The van der Waals surface area contributed by atoms with Crippen LogP contribution >= 0.6 is 0 Å². The molecule has 0 aliphatic carbocycles. The van der Waals surface area contributed by atoms with Crippen LogP contribution in [0.25, 0.3) is 0 Å². The molecule has 3 N–H and O–H groups in total. The van der Waals surface area contributed by atoms with E-state index in [0.29, 0.717) is 6.10 Å². The van der Waals surface area contributed by atoms with Gasteiger partial charge in [0.1, 0.15) is 5.82 Å². The van der Waals surface area contributed by atoms with Crippen LogP contribution in [0.4, 0.5) is 0 Å². The summed E-state index contributed by atoms with van der Waals surface area (Å²) in [5.74, 6) is 6.79. The molecule has 1 saturated heterocycles. The Kier molecular flexibility index (Phi) is 5.82. The molecule has 0 saturated carbocycles. The smallest absolute Gasteiger partial charge is 0.110 e. The maximum Gasteiger partial charge on any atom is 0.110 e. The lowest BCUT2D eigenvalue weighted by Crippen LogP contribution is -2.38. The van der Waals surface area contributed by atoms with Crippen LogP contribution in [-0.2, 0) is 17.7 Å². The Bertz CT molecular complexity index is 360. The van der Waals surface area contributed by atoms with E-state index in [1.807, 2.05) is 12.4 Å². The van der Waals surface area contributed by atoms with Gasteiger partial charge in [0.15, 0.2) is 0 Å². The maximum absolute atomic E-state index is 5.67. The third kappa shape index (κ3) is 4.30. The molecule has 5 heteroatoms. The predicted octanol–water partition coefficient (Wildman–Crippen LogP) is 1.63. The van der Waals surface area contributed by atoms with Gasteiger partial charge in [-0.25, -0.2) is 4.98 Å². The number of rotatable bonds is 8. The number of hydrogen-bond donors (Lipinski definition) is 2. The highest BCUT2D eigenvalue weighted by molar-refractivity contribution is 4.95. The summed E-state index contributed by atoms with van der Waals surface area (Å²) >= 11 is 0. The minimum absolute atomic E-state index is 0.280. The third-order valence-electron chi connectivity index (χ3n) is 3.79. The van der Waals surface area contributed by atoms with Crippen molar-refractivity contribution >= 4 is 0 Å². The van der Waals surface area contributed by atoms with Gasteiger partial charge in [-0.3, -0.25) is 11.3 Å². The normalized spacial score (nSPS) is 20.8. The van der Waals surface area contributed by atoms with E-state index in [-0.39, 0.29) is 6.04 Å². The number of imidazole rings is 1. The van der Waals surface area contributed by atoms with Crippen molar-refractivity contribution in [3.05, 3.63) is 18.2 Å². The first kappa shape index (κ1) is 14.5. The van der Waals surface area contributed by atoms with E-state index in [2.05, 4.69) is 21.9 Å². The number of aromatic nitrogens is 2. The van der Waals surface area contributed by atoms with Crippen molar-refractivity contribution in [2.75, 3.05) is 6.61 Å². The average molecular weight is 266 g/mol. The summed E-state index contributed by atoms with van der Waals surface area (Å²) < 4.78 is 7.87. The second kappa shape index (κ2) is 7.62. The Morgan fingerprint density at radius 3 is 3.21 bits per heavy atom. The van der Waals surface area contributed by atoms with Gasteiger partial charge < -0.3 is 9.30 Å². The molecule has 0 amide bonds. The quantitative estimate of drug-likeness (QED) is 0.554. The van der Waals surface area contributed by atoms with Gasteiger partial charge in [-0.15, -0.1) is 0 Å². The molecule has 0 bridgehead atoms. The summed E-state index contributed by atoms with van der Waals surface area (Å²) in [7, 11) is 0. The van der Waals surface area contributed by atoms with Crippen LogP contribution in [0.1, 0.15) is 44.9 Å². The summed E-state index contributed by atoms with van der Waals surface area (Å²) in [4.78, 5) is 4.44. The number of ether oxygens (including phenoxy) is 1. The number of nitrogens with zero attached hydrogens (tertiary/aromatic N) is 2. The lowest BCUT2D eigenvalue weighted by molar-refractivity contribution is 0.0995. The Hall–Kier alpha value is -0.910. The zero-order valence-corrected chi connectivity index (χ0v) is 11.8. The first-order valence-electron chi connectivity index (χ1n) is 7.41. The lowest BCUT2D eigenvalue weighted by atomic mass is 10.0. The van der Waals surface area contributed by atoms with Crippen LogP contribution in [0.15, 0.2) is 12.4 Å². The van der Waals surface area contributed by atoms with Crippen LogP contribution < -0.4 is 11.3 Å². The summed E-state index contributed by atoms with van der Waals surface area (Å²) in [6.07, 6.45) is 10.9. The number of nitrogens with one attached hydrogen (secondary N) is 1. The second-order valence-electron chi connectivity index (χ2n) is 5.32. The maximum atomic E-state index is 5.67. The fourth-order valence-corrected chi connectivity index (χ4v) is 2.70. The topological polar surface area (TPSA) is 65.1 Å². The van der Waals surface area contributed by atoms with Gasteiger partial charge in [-0.2, -0.15) is 0 Å². The summed E-state index contributed by atoms with van der Waals surface area (Å²) in [6, 6.07) is 0.280. The van der Waals surface area contributed by atoms with Crippen LogP contribution in [0.2, 0.25) is 0 Å². The monoisotopic (exact) mass is 266 g/mol. The summed E-state index contributed by atoms with van der Waals surface area (Å²) in [5, 5.41) is 0. The number of aryl methyl sites for hydroxylation is 1. The molecule has 5 nitrogen and oxygen atoms in total. The molecule has 1 aromatic heterocycles. The van der Waals surface area contributed by atoms with Crippen molar-refractivity contribution in [1.82, 2.24) is 15.0 Å². The molecule has 1 aliphatic heterocycles. The molecule has 0 spiro atoms. The zero-order chi connectivity index (χ0) is 13.5. The Morgan fingerprint density at radius 2 is 2.53 bits per heavy atom. The van der Waals surface area contributed by atoms with Crippen molar-refractivity contribution in [2.45, 2.75) is 64.1 Å². The van der Waals surface area contributed by atoms with Crippen LogP contribution in [0.3, 0.4) is 0 Å². The minimum atomic E-state index is 0.280. The molecule has 1 aliphatic rings. The van der Waals surface area contributed by atoms with E-state index in [0.717, 1.165) is 44.7 Å². The van der Waals surface area contributed by atoms with Crippen LogP contribution in [0, 0.1) is 0 Å². The Balaban J connectivity index is 1.81. The van der Waals surface area contributed by atoms with Crippen molar-refractivity contribution in [3.8, 4) is 0 Å². The molecule has 2 heterocycles. The van der Waals surface area contributed by atoms with E-state index >= 15 is 0 Å². The van der Waals surface area contributed by atoms with Crippen molar-refractivity contribution < 1.29 is 4.74 Å². The lowest BCUT2D eigenvalue weighted by Gasteiger charge is -2.18. The van der Waals surface area contributed by atoms with Crippen molar-refractivity contribution in [1.29, 1.82) is 0 Å². The highest BCUT2D eigenvalue weighted by atomic mass is 16.5. The van der Waals surface area contributed by atoms with E-state index in [4.69, 9.17) is 10.6 Å².